The van der Waals surface area contributed by atoms with Gasteiger partial charge in [-0.1, -0.05) is 38.1 Å². The second kappa shape index (κ2) is 11.5. The van der Waals surface area contributed by atoms with Crippen LogP contribution in [0.15, 0.2) is 35.8 Å². The van der Waals surface area contributed by atoms with Gasteiger partial charge in [0.2, 0.25) is 11.8 Å². The summed E-state index contributed by atoms with van der Waals surface area (Å²) < 4.78 is 12.6. The SMILES string of the molecule is CC(=O)NCN(C(C(=O)NC(Cc1ccc(-c2nccs2)cc1)C(=O)O)C(C)C)P(=O)(O)O. The van der Waals surface area contributed by atoms with Gasteiger partial charge in [-0.2, -0.15) is 4.67 Å². The van der Waals surface area contributed by atoms with Crippen molar-refractivity contribution in [1.29, 1.82) is 0 Å². The van der Waals surface area contributed by atoms with Crippen LogP contribution in [0.4, 0.5) is 0 Å². The lowest BCUT2D eigenvalue weighted by molar-refractivity contribution is -0.142. The number of carbonyl (C=O) groups excluding carboxylic acids is 2. The van der Waals surface area contributed by atoms with Crippen molar-refractivity contribution in [2.75, 3.05) is 6.67 Å². The van der Waals surface area contributed by atoms with Gasteiger partial charge in [0.1, 0.15) is 17.1 Å². The standard InChI is InChI=1S/C20H27N4O7PS/c1-12(2)17(24(32(29,30)31)11-22-13(3)25)18(26)23-16(20(27)28)10-14-4-6-15(7-5-14)19-21-8-9-33-19/h4-9,12,16-17H,10-11H2,1-3H3,(H,22,25)(H,23,26)(H,27,28)(H2,29,30,31). The molecular weight excluding hydrogens is 471 g/mol. The number of amides is 2. The smallest absolute Gasteiger partial charge is 0.405 e. The van der Waals surface area contributed by atoms with Gasteiger partial charge in [-0.05, 0) is 11.5 Å². The maximum Gasteiger partial charge on any atom is 0.405 e. The van der Waals surface area contributed by atoms with Crippen LogP contribution in [0.1, 0.15) is 26.3 Å². The molecule has 0 fully saturated rings. The molecule has 2 rings (SSSR count). The van der Waals surface area contributed by atoms with E-state index in [-0.39, 0.29) is 6.42 Å². The zero-order valence-corrected chi connectivity index (χ0v) is 20.0. The molecule has 2 atom stereocenters. The zero-order chi connectivity index (χ0) is 24.8. The Balaban J connectivity index is 2.19. The van der Waals surface area contributed by atoms with E-state index in [4.69, 9.17) is 0 Å². The van der Waals surface area contributed by atoms with Gasteiger partial charge in [0.25, 0.3) is 0 Å². The molecule has 180 valence electrons. The second-order valence-corrected chi connectivity index (χ2v) is 10.1. The van der Waals surface area contributed by atoms with Crippen LogP contribution in [0.3, 0.4) is 0 Å². The fraction of sp³-hybridized carbons (Fsp3) is 0.400. The highest BCUT2D eigenvalue weighted by atomic mass is 32.1. The van der Waals surface area contributed by atoms with Crippen LogP contribution < -0.4 is 10.6 Å². The molecule has 11 nitrogen and oxygen atoms in total. The number of nitrogens with one attached hydrogen (secondary N) is 2. The molecule has 1 heterocycles. The lowest BCUT2D eigenvalue weighted by Gasteiger charge is -2.33. The van der Waals surface area contributed by atoms with Gasteiger partial charge in [-0.25, -0.2) is 14.3 Å². The Kier molecular flexibility index (Phi) is 9.26. The van der Waals surface area contributed by atoms with Crippen LogP contribution in [0.25, 0.3) is 10.6 Å². The number of rotatable bonds is 11. The molecule has 2 aromatic rings. The second-order valence-electron chi connectivity index (χ2n) is 7.67. The van der Waals surface area contributed by atoms with E-state index in [0.717, 1.165) is 10.6 Å². The highest BCUT2D eigenvalue weighted by Crippen LogP contribution is 2.42. The Morgan fingerprint density at radius 1 is 1.18 bits per heavy atom. The number of hydrogen-bond acceptors (Lipinski definition) is 6. The first-order valence-electron chi connectivity index (χ1n) is 9.99. The molecule has 0 saturated carbocycles. The number of benzene rings is 1. The Morgan fingerprint density at radius 3 is 2.27 bits per heavy atom. The summed E-state index contributed by atoms with van der Waals surface area (Å²) in [5, 5.41) is 17.0. The first-order valence-corrected chi connectivity index (χ1v) is 12.4. The summed E-state index contributed by atoms with van der Waals surface area (Å²) in [4.78, 5) is 59.7. The number of thiazole rings is 1. The number of carboxylic acid groups (broad SMARTS) is 1. The minimum atomic E-state index is -4.95. The molecule has 1 aromatic carbocycles. The third kappa shape index (κ3) is 7.72. The summed E-state index contributed by atoms with van der Waals surface area (Å²) >= 11 is 1.47. The van der Waals surface area contributed by atoms with Crippen LogP contribution in [0.2, 0.25) is 0 Å². The van der Waals surface area contributed by atoms with Crippen molar-refractivity contribution >= 4 is 36.9 Å². The fourth-order valence-electron chi connectivity index (χ4n) is 3.17. The molecule has 0 spiro atoms. The predicted molar refractivity (Wildman–Crippen MR) is 122 cm³/mol. The van der Waals surface area contributed by atoms with Gasteiger partial charge in [0.05, 0.1) is 6.67 Å². The largest absolute Gasteiger partial charge is 0.480 e. The lowest BCUT2D eigenvalue weighted by atomic mass is 10.0. The van der Waals surface area contributed by atoms with E-state index in [1.54, 1.807) is 44.3 Å². The fourth-order valence-corrected chi connectivity index (χ4v) is 4.76. The summed E-state index contributed by atoms with van der Waals surface area (Å²) in [5.41, 5.74) is 1.52. The summed E-state index contributed by atoms with van der Waals surface area (Å²) in [7, 11) is -4.95. The summed E-state index contributed by atoms with van der Waals surface area (Å²) in [6.45, 7) is 3.72. The number of hydrogen-bond donors (Lipinski definition) is 5. The Hall–Kier alpha value is -2.63. The summed E-state index contributed by atoms with van der Waals surface area (Å²) in [6, 6.07) is 4.36. The van der Waals surface area contributed by atoms with E-state index >= 15 is 0 Å². The molecule has 33 heavy (non-hydrogen) atoms. The molecule has 0 bridgehead atoms. The minimum absolute atomic E-state index is 0.0361. The number of carbonyl (C=O) groups is 3. The molecule has 1 aromatic heterocycles. The molecule has 0 aliphatic rings. The first kappa shape index (κ1) is 26.6. The van der Waals surface area contributed by atoms with E-state index < -0.39 is 50.2 Å². The number of carboxylic acids is 1. The average Bonchev–Trinajstić information content (AvgIpc) is 3.24. The molecule has 0 saturated heterocycles. The third-order valence-corrected chi connectivity index (χ3v) is 6.62. The quantitative estimate of drug-likeness (QED) is 0.227. The van der Waals surface area contributed by atoms with Crippen LogP contribution in [-0.4, -0.2) is 61.1 Å². The van der Waals surface area contributed by atoms with Crippen molar-refractivity contribution in [3.63, 3.8) is 0 Å². The van der Waals surface area contributed by atoms with Gasteiger partial charge in [-0.15, -0.1) is 11.3 Å². The highest BCUT2D eigenvalue weighted by molar-refractivity contribution is 7.49. The Bertz CT molecular complexity index is 1010. The van der Waals surface area contributed by atoms with Gasteiger partial charge in [0, 0.05) is 30.5 Å². The van der Waals surface area contributed by atoms with Gasteiger partial charge >= 0.3 is 13.7 Å². The van der Waals surface area contributed by atoms with Crippen LogP contribution in [-0.2, 0) is 25.4 Å². The molecule has 5 N–H and O–H groups in total. The van der Waals surface area contributed by atoms with E-state index in [9.17, 15) is 33.8 Å². The monoisotopic (exact) mass is 498 g/mol. The van der Waals surface area contributed by atoms with Gasteiger partial charge in [0.15, 0.2) is 0 Å². The molecule has 0 radical (unpaired) electrons. The highest BCUT2D eigenvalue weighted by Gasteiger charge is 2.40. The topological polar surface area (TPSA) is 169 Å². The summed E-state index contributed by atoms with van der Waals surface area (Å²) in [6.07, 6.45) is 1.65. The van der Waals surface area contributed by atoms with Crippen molar-refractivity contribution < 1.29 is 33.8 Å². The maximum absolute atomic E-state index is 13.0. The van der Waals surface area contributed by atoms with E-state index in [2.05, 4.69) is 15.6 Å². The Morgan fingerprint density at radius 2 is 1.82 bits per heavy atom. The molecule has 2 unspecified atom stereocenters. The van der Waals surface area contributed by atoms with Crippen molar-refractivity contribution in [2.24, 2.45) is 5.92 Å². The number of aliphatic carboxylic acids is 1. The van der Waals surface area contributed by atoms with E-state index in [1.165, 1.54) is 18.3 Å². The number of aromatic nitrogens is 1. The van der Waals surface area contributed by atoms with Crippen molar-refractivity contribution in [1.82, 2.24) is 20.3 Å². The van der Waals surface area contributed by atoms with Crippen LogP contribution in [0.5, 0.6) is 0 Å². The van der Waals surface area contributed by atoms with Crippen molar-refractivity contribution in [3.8, 4) is 10.6 Å². The zero-order valence-electron chi connectivity index (χ0n) is 18.3. The molecule has 0 aliphatic carbocycles. The molecule has 2 amide bonds. The van der Waals surface area contributed by atoms with Crippen molar-refractivity contribution in [2.45, 2.75) is 39.3 Å². The van der Waals surface area contributed by atoms with E-state index in [1.807, 2.05) is 5.38 Å². The molecular formula is C20H27N4O7PS. The van der Waals surface area contributed by atoms with Gasteiger partial charge in [-0.3, -0.25) is 9.59 Å². The van der Waals surface area contributed by atoms with Crippen LogP contribution in [0, 0.1) is 5.92 Å². The Labute approximate surface area is 195 Å². The average molecular weight is 498 g/mol. The lowest BCUT2D eigenvalue weighted by Crippen LogP contribution is -2.55. The van der Waals surface area contributed by atoms with Gasteiger partial charge < -0.3 is 25.5 Å². The van der Waals surface area contributed by atoms with Crippen LogP contribution >= 0.6 is 19.1 Å². The third-order valence-electron chi connectivity index (χ3n) is 4.73. The van der Waals surface area contributed by atoms with E-state index in [0.29, 0.717) is 10.2 Å². The predicted octanol–water partition coefficient (Wildman–Crippen LogP) is 1.43. The molecule has 13 heteroatoms. The molecule has 0 aliphatic heterocycles. The normalized spacial score (nSPS) is 13.5. The first-order chi connectivity index (χ1) is 15.4. The maximum atomic E-state index is 13.0. The van der Waals surface area contributed by atoms with Crippen molar-refractivity contribution in [3.05, 3.63) is 41.4 Å². The summed E-state index contributed by atoms with van der Waals surface area (Å²) in [5.74, 6) is -3.30. The number of nitrogens with zero attached hydrogens (tertiary/aromatic N) is 2. The minimum Gasteiger partial charge on any atom is -0.480 e.